The summed E-state index contributed by atoms with van der Waals surface area (Å²) in [5.41, 5.74) is -1.94. The normalized spacial score (nSPS) is 17.3. The van der Waals surface area contributed by atoms with Crippen LogP contribution in [0.25, 0.3) is 0 Å². The van der Waals surface area contributed by atoms with E-state index in [1.54, 1.807) is 13.8 Å². The quantitative estimate of drug-likeness (QED) is 0.302. The zero-order valence-corrected chi connectivity index (χ0v) is 14.0. The van der Waals surface area contributed by atoms with Crippen molar-refractivity contribution in [3.8, 4) is 0 Å². The number of halogens is 4. The van der Waals surface area contributed by atoms with E-state index in [-0.39, 0.29) is 17.2 Å². The Kier molecular flexibility index (Phi) is 6.52. The lowest BCUT2D eigenvalue weighted by Crippen LogP contribution is -2.67. The molecule has 2 unspecified atom stereocenters. The van der Waals surface area contributed by atoms with Gasteiger partial charge in [-0.15, -0.1) is 0 Å². The van der Waals surface area contributed by atoms with Crippen molar-refractivity contribution in [2.75, 3.05) is 14.1 Å². The molecule has 0 spiro atoms. The topological polar surface area (TPSA) is 6.48 Å². The van der Waals surface area contributed by atoms with Gasteiger partial charge in [-0.05, 0) is 12.8 Å². The van der Waals surface area contributed by atoms with Gasteiger partial charge in [0.25, 0.3) is 0 Å². The van der Waals surface area contributed by atoms with Gasteiger partial charge in [0.2, 0.25) is 0 Å². The Morgan fingerprint density at radius 3 is 1.28 bits per heavy atom. The van der Waals surface area contributed by atoms with Gasteiger partial charge in [-0.1, -0.05) is 27.7 Å². The number of hydrogen-bond acceptors (Lipinski definition) is 2. The monoisotopic (exact) mass is 304 g/mol. The molecular formula is C10H24F4N2Si2. The van der Waals surface area contributed by atoms with Crippen molar-refractivity contribution in [2.45, 2.75) is 51.6 Å². The van der Waals surface area contributed by atoms with Crippen LogP contribution in [0.3, 0.4) is 0 Å². The number of nitrogens with zero attached hydrogens (tertiary/aromatic N) is 2. The Hall–Kier alpha value is 0.0738. The number of hydrazine groups is 1. The van der Waals surface area contributed by atoms with Crippen molar-refractivity contribution < 1.29 is 16.4 Å². The SMILES string of the molecule is CCC(C)[Si](F)(F)N(N(C)C)[Si](F)(F)C(C)CC. The molecule has 0 aliphatic heterocycles. The third-order valence-corrected chi connectivity index (χ3v) is 10.3. The molecule has 0 aliphatic rings. The van der Waals surface area contributed by atoms with Gasteiger partial charge in [-0.3, -0.25) is 21.4 Å². The molecule has 0 rings (SSSR count). The Labute approximate surface area is 110 Å². The highest BCUT2D eigenvalue weighted by Gasteiger charge is 2.64. The fourth-order valence-corrected chi connectivity index (χ4v) is 7.44. The maximum absolute atomic E-state index is 14.3. The summed E-state index contributed by atoms with van der Waals surface area (Å²) in [6.45, 7) is 5.96. The van der Waals surface area contributed by atoms with E-state index in [0.717, 1.165) is 5.01 Å². The summed E-state index contributed by atoms with van der Waals surface area (Å²) in [6.07, 6.45) is 0.434. The highest BCUT2D eigenvalue weighted by atomic mass is 28.5. The van der Waals surface area contributed by atoms with E-state index in [1.165, 1.54) is 27.9 Å². The molecule has 0 aromatic heterocycles. The highest BCUT2D eigenvalue weighted by Crippen LogP contribution is 2.40. The van der Waals surface area contributed by atoms with Crippen molar-refractivity contribution in [3.63, 3.8) is 0 Å². The van der Waals surface area contributed by atoms with E-state index in [2.05, 4.69) is 0 Å². The predicted octanol–water partition coefficient (Wildman–Crippen LogP) is 4.12. The fraction of sp³-hybridized carbons (Fsp3) is 1.00. The van der Waals surface area contributed by atoms with Crippen molar-refractivity contribution in [1.82, 2.24) is 9.35 Å². The second-order valence-electron chi connectivity index (χ2n) is 4.95. The highest BCUT2D eigenvalue weighted by molar-refractivity contribution is 6.81. The summed E-state index contributed by atoms with van der Waals surface area (Å²) in [7, 11) is -7.72. The first-order valence-electron chi connectivity index (χ1n) is 6.26. The van der Waals surface area contributed by atoms with Gasteiger partial charge in [0.05, 0.1) is 0 Å². The molecule has 8 heteroatoms. The van der Waals surface area contributed by atoms with E-state index in [9.17, 15) is 16.4 Å². The van der Waals surface area contributed by atoms with Gasteiger partial charge in [0, 0.05) is 25.2 Å². The lowest BCUT2D eigenvalue weighted by molar-refractivity contribution is 0.125. The molecular weight excluding hydrogens is 280 g/mol. The number of rotatable bonds is 7. The summed E-state index contributed by atoms with van der Waals surface area (Å²) in [4.78, 5) is 0. The molecule has 18 heavy (non-hydrogen) atoms. The summed E-state index contributed by atoms with van der Waals surface area (Å²) in [6, 6.07) is 0. The zero-order chi connectivity index (χ0) is 14.7. The Morgan fingerprint density at radius 1 is 0.833 bits per heavy atom. The summed E-state index contributed by atoms with van der Waals surface area (Å²) in [5.74, 6) is 0. The van der Waals surface area contributed by atoms with Crippen LogP contribution in [0.2, 0.25) is 11.1 Å². The first-order valence-corrected chi connectivity index (χ1v) is 9.82. The molecule has 2 atom stereocenters. The summed E-state index contributed by atoms with van der Waals surface area (Å²) < 4.78 is 57.4. The van der Waals surface area contributed by atoms with Crippen molar-refractivity contribution >= 4 is 17.8 Å². The van der Waals surface area contributed by atoms with Gasteiger partial charge in [0.1, 0.15) is 0 Å². The third kappa shape index (κ3) is 3.55. The van der Waals surface area contributed by atoms with Gasteiger partial charge in [0.15, 0.2) is 0 Å². The van der Waals surface area contributed by atoms with Crippen LogP contribution in [-0.4, -0.2) is 41.3 Å². The fourth-order valence-electron chi connectivity index (χ4n) is 1.64. The molecule has 0 aromatic carbocycles. The van der Waals surface area contributed by atoms with Crippen molar-refractivity contribution in [2.24, 2.45) is 0 Å². The minimum atomic E-state index is -5.14. The predicted molar refractivity (Wildman–Crippen MR) is 70.9 cm³/mol. The minimum Gasteiger partial charge on any atom is -0.253 e. The Bertz CT molecular complexity index is 242. The molecule has 0 amide bonds. The lowest BCUT2D eigenvalue weighted by Gasteiger charge is -2.41. The molecule has 2 nitrogen and oxygen atoms in total. The van der Waals surface area contributed by atoms with Crippen molar-refractivity contribution in [3.05, 3.63) is 0 Å². The van der Waals surface area contributed by atoms with Crippen LogP contribution in [-0.2, 0) is 0 Å². The van der Waals surface area contributed by atoms with Crippen LogP contribution < -0.4 is 0 Å². The molecule has 0 fully saturated rings. The number of hydrogen-bond donors (Lipinski definition) is 0. The Morgan fingerprint density at radius 2 is 1.11 bits per heavy atom. The molecule has 0 saturated heterocycles. The molecule has 0 bridgehead atoms. The second kappa shape index (κ2) is 6.49. The first kappa shape index (κ1) is 18.1. The van der Waals surface area contributed by atoms with Crippen LogP contribution in [0.1, 0.15) is 40.5 Å². The van der Waals surface area contributed by atoms with E-state index >= 15 is 0 Å². The Balaban J connectivity index is 5.44. The molecule has 0 radical (unpaired) electrons. The van der Waals surface area contributed by atoms with E-state index in [4.69, 9.17) is 0 Å². The average Bonchev–Trinajstić information content (AvgIpc) is 2.24. The molecule has 110 valence electrons. The van der Waals surface area contributed by atoms with Gasteiger partial charge in [-0.2, -0.15) is 4.34 Å². The largest absolute Gasteiger partial charge is 0.520 e. The third-order valence-electron chi connectivity index (χ3n) is 3.38. The van der Waals surface area contributed by atoms with Gasteiger partial charge >= 0.3 is 17.8 Å². The van der Waals surface area contributed by atoms with Gasteiger partial charge in [-0.25, -0.2) is 0 Å². The summed E-state index contributed by atoms with van der Waals surface area (Å²) in [5, 5.41) is 0.913. The standard InChI is InChI=1S/C10H24F4N2Si2/c1-7-9(3)17(11,12)16(15(5)6)18(13,14)10(4)8-2/h9-10H,7-8H2,1-6H3. The molecule has 0 N–H and O–H groups in total. The average molecular weight is 304 g/mol. The van der Waals surface area contributed by atoms with Crippen LogP contribution >= 0.6 is 0 Å². The maximum Gasteiger partial charge on any atom is 0.520 e. The van der Waals surface area contributed by atoms with Crippen LogP contribution in [0.5, 0.6) is 0 Å². The van der Waals surface area contributed by atoms with E-state index < -0.39 is 28.9 Å². The van der Waals surface area contributed by atoms with Crippen LogP contribution in [0, 0.1) is 0 Å². The molecule has 0 saturated carbocycles. The summed E-state index contributed by atoms with van der Waals surface area (Å²) >= 11 is 0. The molecule has 0 aliphatic carbocycles. The maximum atomic E-state index is 14.3. The van der Waals surface area contributed by atoms with Crippen LogP contribution in [0.4, 0.5) is 16.4 Å². The molecule has 0 aromatic rings. The minimum absolute atomic E-state index is 0.197. The van der Waals surface area contributed by atoms with Gasteiger partial charge < -0.3 is 0 Å². The smallest absolute Gasteiger partial charge is 0.253 e. The van der Waals surface area contributed by atoms with Crippen LogP contribution in [0.15, 0.2) is 0 Å². The van der Waals surface area contributed by atoms with E-state index in [1.807, 2.05) is 0 Å². The van der Waals surface area contributed by atoms with Crippen molar-refractivity contribution in [1.29, 1.82) is 0 Å². The van der Waals surface area contributed by atoms with E-state index in [0.29, 0.717) is 0 Å². The first-order chi connectivity index (χ1) is 8.03. The molecule has 0 heterocycles. The zero-order valence-electron chi connectivity index (χ0n) is 12.0. The second-order valence-corrected chi connectivity index (χ2v) is 10.6. The lowest BCUT2D eigenvalue weighted by atomic mass is 10.4.